The lowest BCUT2D eigenvalue weighted by Crippen LogP contribution is -2.38. The number of aryl methyl sites for hydroxylation is 1. The summed E-state index contributed by atoms with van der Waals surface area (Å²) >= 11 is 1.52. The third-order valence-electron chi connectivity index (χ3n) is 3.50. The number of carbonyl (C=O) groups excluding carboxylic acids is 3. The molecule has 0 fully saturated rings. The Bertz CT molecular complexity index is 821. The van der Waals surface area contributed by atoms with Crippen LogP contribution in [0.5, 0.6) is 5.75 Å². The number of aromatic nitrogens is 1. The van der Waals surface area contributed by atoms with E-state index in [4.69, 9.17) is 9.47 Å². The summed E-state index contributed by atoms with van der Waals surface area (Å²) in [6.45, 7) is 3.95. The summed E-state index contributed by atoms with van der Waals surface area (Å²) in [6.07, 6.45) is 0.806. The van der Waals surface area contributed by atoms with Gasteiger partial charge in [0.1, 0.15) is 17.9 Å². The predicted molar refractivity (Wildman–Crippen MR) is 104 cm³/mol. The van der Waals surface area contributed by atoms with E-state index in [1.54, 1.807) is 24.3 Å². The van der Waals surface area contributed by atoms with E-state index in [1.807, 2.05) is 19.2 Å². The van der Waals surface area contributed by atoms with Gasteiger partial charge in [0, 0.05) is 11.9 Å². The normalized spacial score (nSPS) is 10.2. The fourth-order valence-corrected chi connectivity index (χ4v) is 2.75. The summed E-state index contributed by atoms with van der Waals surface area (Å²) < 4.78 is 10.7. The summed E-state index contributed by atoms with van der Waals surface area (Å²) in [7, 11) is 0. The topological polar surface area (TPSA) is 107 Å². The molecule has 150 valence electrons. The lowest BCUT2D eigenvalue weighted by molar-refractivity contribution is -0.127. The first-order valence-electron chi connectivity index (χ1n) is 8.83. The second-order valence-electron chi connectivity index (χ2n) is 5.85. The van der Waals surface area contributed by atoms with Crippen molar-refractivity contribution in [2.45, 2.75) is 26.9 Å². The van der Waals surface area contributed by atoms with E-state index in [9.17, 15) is 14.4 Å². The van der Waals surface area contributed by atoms with Crippen molar-refractivity contribution in [1.29, 1.82) is 0 Å². The smallest absolute Gasteiger partial charge is 0.342 e. The molecule has 2 amide bonds. The average Bonchev–Trinajstić information content (AvgIpc) is 3.12. The van der Waals surface area contributed by atoms with E-state index in [2.05, 4.69) is 15.6 Å². The number of esters is 1. The summed E-state index contributed by atoms with van der Waals surface area (Å²) in [5.41, 5.74) is 0.981. The lowest BCUT2D eigenvalue weighted by Gasteiger charge is -2.11. The van der Waals surface area contributed by atoms with Gasteiger partial charge in [0.15, 0.2) is 6.61 Å². The number of benzene rings is 1. The van der Waals surface area contributed by atoms with Crippen LogP contribution in [0.4, 0.5) is 0 Å². The van der Waals surface area contributed by atoms with E-state index < -0.39 is 18.5 Å². The van der Waals surface area contributed by atoms with Crippen molar-refractivity contribution in [3.63, 3.8) is 0 Å². The molecule has 9 heteroatoms. The Balaban J connectivity index is 1.83. The van der Waals surface area contributed by atoms with Gasteiger partial charge in [0.25, 0.3) is 5.91 Å². The van der Waals surface area contributed by atoms with Crippen LogP contribution in [0.2, 0.25) is 0 Å². The van der Waals surface area contributed by atoms with Gasteiger partial charge >= 0.3 is 5.97 Å². The lowest BCUT2D eigenvalue weighted by atomic mass is 10.2. The number of ether oxygens (including phenoxy) is 2. The third-order valence-corrected chi connectivity index (χ3v) is 4.32. The van der Waals surface area contributed by atoms with Gasteiger partial charge in [-0.05, 0) is 25.5 Å². The van der Waals surface area contributed by atoms with Crippen molar-refractivity contribution in [3.8, 4) is 5.75 Å². The molecule has 0 atom stereocenters. The van der Waals surface area contributed by atoms with Crippen molar-refractivity contribution in [3.05, 3.63) is 45.9 Å². The molecule has 2 aromatic rings. The molecule has 0 radical (unpaired) electrons. The van der Waals surface area contributed by atoms with Gasteiger partial charge in [-0.3, -0.25) is 9.59 Å². The molecule has 28 heavy (non-hydrogen) atoms. The van der Waals surface area contributed by atoms with Crippen LogP contribution in [0.15, 0.2) is 29.6 Å². The van der Waals surface area contributed by atoms with Crippen LogP contribution >= 0.6 is 11.3 Å². The van der Waals surface area contributed by atoms with Gasteiger partial charge in [0.05, 0.1) is 17.2 Å². The largest absolute Gasteiger partial charge is 0.486 e. The fourth-order valence-electron chi connectivity index (χ4n) is 2.15. The molecule has 0 aliphatic rings. The van der Waals surface area contributed by atoms with Gasteiger partial charge in [-0.25, -0.2) is 9.78 Å². The predicted octanol–water partition coefficient (Wildman–Crippen LogP) is 1.83. The number of para-hydroxylation sites is 1. The van der Waals surface area contributed by atoms with Crippen LogP contribution in [-0.2, 0) is 20.9 Å². The van der Waals surface area contributed by atoms with Crippen molar-refractivity contribution < 1.29 is 23.9 Å². The summed E-state index contributed by atoms with van der Waals surface area (Å²) in [5, 5.41) is 7.85. The first kappa shape index (κ1) is 21.4. The first-order chi connectivity index (χ1) is 13.5. The minimum absolute atomic E-state index is 0.164. The van der Waals surface area contributed by atoms with Gasteiger partial charge < -0.3 is 20.1 Å². The van der Waals surface area contributed by atoms with E-state index in [1.165, 1.54) is 11.3 Å². The van der Waals surface area contributed by atoms with Gasteiger partial charge in [-0.2, -0.15) is 0 Å². The fraction of sp³-hybridized carbons (Fsp3) is 0.368. The molecule has 1 aromatic carbocycles. The number of rotatable bonds is 10. The Morgan fingerprint density at radius 2 is 1.93 bits per heavy atom. The number of hydrogen-bond donors (Lipinski definition) is 2. The second kappa shape index (κ2) is 11.0. The van der Waals surface area contributed by atoms with Gasteiger partial charge in [-0.1, -0.05) is 19.1 Å². The highest BCUT2D eigenvalue weighted by molar-refractivity contribution is 7.09. The maximum atomic E-state index is 12.3. The van der Waals surface area contributed by atoms with E-state index in [0.717, 1.165) is 17.1 Å². The molecule has 1 aromatic heterocycles. The molecule has 2 N–H and O–H groups in total. The monoisotopic (exact) mass is 405 g/mol. The Morgan fingerprint density at radius 3 is 2.64 bits per heavy atom. The van der Waals surface area contributed by atoms with Gasteiger partial charge in [0.2, 0.25) is 5.91 Å². The maximum absolute atomic E-state index is 12.3. The van der Waals surface area contributed by atoms with Crippen molar-refractivity contribution in [2.24, 2.45) is 0 Å². The van der Waals surface area contributed by atoms with Gasteiger partial charge in [-0.15, -0.1) is 11.3 Å². The molecule has 0 bridgehead atoms. The van der Waals surface area contributed by atoms with Crippen LogP contribution in [0.25, 0.3) is 0 Å². The third kappa shape index (κ3) is 6.99. The molecular formula is C19H23N3O5S. The van der Waals surface area contributed by atoms with Crippen LogP contribution in [-0.4, -0.2) is 42.5 Å². The number of nitrogens with zero attached hydrogens (tertiary/aromatic N) is 1. The highest BCUT2D eigenvalue weighted by atomic mass is 32.1. The van der Waals surface area contributed by atoms with Crippen molar-refractivity contribution in [1.82, 2.24) is 15.6 Å². The van der Waals surface area contributed by atoms with E-state index in [-0.39, 0.29) is 24.6 Å². The highest BCUT2D eigenvalue weighted by Crippen LogP contribution is 2.20. The maximum Gasteiger partial charge on any atom is 0.342 e. The van der Waals surface area contributed by atoms with Crippen LogP contribution in [0.3, 0.4) is 0 Å². The molecular weight excluding hydrogens is 382 g/mol. The highest BCUT2D eigenvalue weighted by Gasteiger charge is 2.16. The molecule has 0 aliphatic heterocycles. The second-order valence-corrected chi connectivity index (χ2v) is 6.91. The first-order valence-corrected chi connectivity index (χ1v) is 9.71. The molecule has 0 saturated carbocycles. The number of carbonyl (C=O) groups is 3. The quantitative estimate of drug-likeness (QED) is 0.584. The SMILES string of the molecule is CCCNC(=O)CNC(=O)COC(=O)c1ccccc1OCc1csc(C)n1. The standard InChI is InChI=1S/C19H23N3O5S/c1-3-8-20-17(23)9-21-18(24)11-27-19(25)15-6-4-5-7-16(15)26-10-14-12-28-13(2)22-14/h4-7,12H,3,8-11H2,1-2H3,(H,20,23)(H,21,24). The minimum atomic E-state index is -0.685. The molecule has 2 rings (SSSR count). The average molecular weight is 405 g/mol. The molecule has 0 spiro atoms. The number of hydrogen-bond acceptors (Lipinski definition) is 7. The van der Waals surface area contributed by atoms with Crippen molar-refractivity contribution >= 4 is 29.1 Å². The van der Waals surface area contributed by atoms with Crippen LogP contribution in [0, 0.1) is 6.92 Å². The molecule has 0 unspecified atom stereocenters. The van der Waals surface area contributed by atoms with E-state index >= 15 is 0 Å². The van der Waals surface area contributed by atoms with Crippen LogP contribution < -0.4 is 15.4 Å². The zero-order valence-corrected chi connectivity index (χ0v) is 16.6. The zero-order valence-electron chi connectivity index (χ0n) is 15.8. The Morgan fingerprint density at radius 1 is 1.14 bits per heavy atom. The summed E-state index contributed by atoms with van der Waals surface area (Å²) in [6, 6.07) is 6.61. The molecule has 0 saturated heterocycles. The van der Waals surface area contributed by atoms with Crippen LogP contribution in [0.1, 0.15) is 34.4 Å². The Kier molecular flexibility index (Phi) is 8.41. The Hall–Kier alpha value is -2.94. The Labute approximate surface area is 167 Å². The molecule has 8 nitrogen and oxygen atoms in total. The summed E-state index contributed by atoms with van der Waals surface area (Å²) in [4.78, 5) is 39.8. The number of amides is 2. The number of thiazole rings is 1. The zero-order chi connectivity index (χ0) is 20.4. The molecule has 0 aliphatic carbocycles. The van der Waals surface area contributed by atoms with E-state index in [0.29, 0.717) is 12.3 Å². The van der Waals surface area contributed by atoms with Crippen molar-refractivity contribution in [2.75, 3.05) is 19.7 Å². The summed E-state index contributed by atoms with van der Waals surface area (Å²) in [5.74, 6) is -1.19. The number of nitrogens with one attached hydrogen (secondary N) is 2. The molecule has 1 heterocycles. The minimum Gasteiger partial charge on any atom is -0.486 e.